The first-order valence-corrected chi connectivity index (χ1v) is 6.66. The first kappa shape index (κ1) is 13.7. The number of hydrogen-bond donors (Lipinski definition) is 2. The quantitative estimate of drug-likeness (QED) is 0.906. The fourth-order valence-corrected chi connectivity index (χ4v) is 1.96. The van der Waals surface area contributed by atoms with Crippen molar-refractivity contribution in [2.45, 2.75) is 19.4 Å². The van der Waals surface area contributed by atoms with Crippen LogP contribution in [0.4, 0.5) is 4.39 Å². The van der Waals surface area contributed by atoms with Crippen LogP contribution in [0.5, 0.6) is 0 Å². The molecule has 0 aliphatic rings. The molecule has 1 amide bonds. The Morgan fingerprint density at radius 2 is 2.37 bits per heavy atom. The van der Waals surface area contributed by atoms with Crippen molar-refractivity contribution in [1.29, 1.82) is 0 Å². The molecule has 0 saturated carbocycles. The molecule has 1 atom stereocenters. The van der Waals surface area contributed by atoms with Crippen molar-refractivity contribution < 1.29 is 9.18 Å². The van der Waals surface area contributed by atoms with E-state index >= 15 is 0 Å². The van der Waals surface area contributed by atoms with E-state index < -0.39 is 5.82 Å². The fourth-order valence-electron chi connectivity index (χ4n) is 1.71. The molecule has 1 aromatic heterocycles. The molecular weight excluding hydrogens is 313 g/mol. The molecule has 2 aromatic rings. The Bertz CT molecular complexity index is 571. The molecule has 0 aliphatic carbocycles. The summed E-state index contributed by atoms with van der Waals surface area (Å²) in [4.78, 5) is 19.1. The monoisotopic (exact) mass is 325 g/mol. The van der Waals surface area contributed by atoms with Gasteiger partial charge in [0.15, 0.2) is 0 Å². The van der Waals surface area contributed by atoms with Crippen molar-refractivity contribution in [2.24, 2.45) is 0 Å². The van der Waals surface area contributed by atoms with Crippen LogP contribution in [0.15, 0.2) is 35.1 Å². The number of aromatic nitrogens is 2. The van der Waals surface area contributed by atoms with Crippen molar-refractivity contribution in [3.63, 3.8) is 0 Å². The third-order valence-corrected chi connectivity index (χ3v) is 3.39. The second kappa shape index (κ2) is 5.97. The van der Waals surface area contributed by atoms with E-state index in [-0.39, 0.29) is 17.5 Å². The highest BCUT2D eigenvalue weighted by atomic mass is 79.9. The molecule has 0 saturated heterocycles. The van der Waals surface area contributed by atoms with Gasteiger partial charge in [0.2, 0.25) is 0 Å². The van der Waals surface area contributed by atoms with Gasteiger partial charge in [0, 0.05) is 18.0 Å². The molecule has 1 heterocycles. The Morgan fingerprint density at radius 3 is 2.95 bits per heavy atom. The standard InChI is InChI=1S/C13H13BrFN3O/c1-2-11(12-16-5-6-17-12)18-13(19)8-3-4-9(14)10(15)7-8/h3-7,11H,2H2,1H3,(H,16,17)(H,18,19). The van der Waals surface area contributed by atoms with Gasteiger partial charge in [0.1, 0.15) is 11.6 Å². The molecule has 100 valence electrons. The van der Waals surface area contributed by atoms with E-state index in [9.17, 15) is 9.18 Å². The number of carbonyl (C=O) groups excluding carboxylic acids is 1. The summed E-state index contributed by atoms with van der Waals surface area (Å²) < 4.78 is 13.7. The maximum Gasteiger partial charge on any atom is 0.251 e. The van der Waals surface area contributed by atoms with E-state index in [0.29, 0.717) is 16.7 Å². The molecule has 0 spiro atoms. The summed E-state index contributed by atoms with van der Waals surface area (Å²) in [5.74, 6) is -0.0956. The van der Waals surface area contributed by atoms with Crippen molar-refractivity contribution in [1.82, 2.24) is 15.3 Å². The van der Waals surface area contributed by atoms with Crippen LogP contribution in [0.3, 0.4) is 0 Å². The number of imidazole rings is 1. The van der Waals surface area contributed by atoms with E-state index in [2.05, 4.69) is 31.2 Å². The highest BCUT2D eigenvalue weighted by Gasteiger charge is 2.16. The third-order valence-electron chi connectivity index (χ3n) is 2.74. The Kier molecular flexibility index (Phi) is 4.31. The maximum atomic E-state index is 13.4. The van der Waals surface area contributed by atoms with Crippen molar-refractivity contribution in [3.05, 3.63) is 52.3 Å². The van der Waals surface area contributed by atoms with Crippen LogP contribution >= 0.6 is 15.9 Å². The third kappa shape index (κ3) is 3.20. The summed E-state index contributed by atoms with van der Waals surface area (Å²) in [6, 6.07) is 4.07. The van der Waals surface area contributed by atoms with Crippen molar-refractivity contribution >= 4 is 21.8 Å². The molecule has 0 bridgehead atoms. The van der Waals surface area contributed by atoms with Gasteiger partial charge in [-0.1, -0.05) is 6.92 Å². The second-order valence-corrected chi connectivity index (χ2v) is 4.89. The number of rotatable bonds is 4. The number of carbonyl (C=O) groups is 1. The zero-order valence-corrected chi connectivity index (χ0v) is 11.9. The minimum atomic E-state index is -0.460. The van der Waals surface area contributed by atoms with Gasteiger partial charge in [0.25, 0.3) is 5.91 Å². The van der Waals surface area contributed by atoms with Gasteiger partial charge in [0.05, 0.1) is 10.5 Å². The SMILES string of the molecule is CCC(NC(=O)c1ccc(Br)c(F)c1)c1ncc[nH]1. The van der Waals surface area contributed by atoms with Gasteiger partial charge in [-0.3, -0.25) is 4.79 Å². The highest BCUT2D eigenvalue weighted by molar-refractivity contribution is 9.10. The lowest BCUT2D eigenvalue weighted by Gasteiger charge is -2.14. The minimum absolute atomic E-state index is 0.214. The van der Waals surface area contributed by atoms with Gasteiger partial charge in [-0.2, -0.15) is 0 Å². The van der Waals surface area contributed by atoms with Gasteiger partial charge >= 0.3 is 0 Å². The summed E-state index contributed by atoms with van der Waals surface area (Å²) in [7, 11) is 0. The molecule has 0 fully saturated rings. The van der Waals surface area contributed by atoms with E-state index in [0.717, 1.165) is 0 Å². The Balaban J connectivity index is 2.13. The van der Waals surface area contributed by atoms with E-state index in [4.69, 9.17) is 0 Å². The largest absolute Gasteiger partial charge is 0.347 e. The van der Waals surface area contributed by atoms with Crippen molar-refractivity contribution in [3.8, 4) is 0 Å². The number of nitrogens with one attached hydrogen (secondary N) is 2. The molecule has 6 heteroatoms. The Morgan fingerprint density at radius 1 is 1.58 bits per heavy atom. The lowest BCUT2D eigenvalue weighted by molar-refractivity contribution is 0.0933. The van der Waals surface area contributed by atoms with E-state index in [1.807, 2.05) is 6.92 Å². The Labute approximate surface area is 118 Å². The topological polar surface area (TPSA) is 57.8 Å². The normalized spacial score (nSPS) is 12.2. The number of halogens is 2. The summed E-state index contributed by atoms with van der Waals surface area (Å²) in [6.07, 6.45) is 4.02. The zero-order valence-electron chi connectivity index (χ0n) is 10.3. The fraction of sp³-hybridized carbons (Fsp3) is 0.231. The average Bonchev–Trinajstić information content (AvgIpc) is 2.92. The second-order valence-electron chi connectivity index (χ2n) is 4.04. The molecule has 2 N–H and O–H groups in total. The molecule has 1 unspecified atom stereocenters. The summed E-state index contributed by atoms with van der Waals surface area (Å²) in [5.41, 5.74) is 0.283. The van der Waals surface area contributed by atoms with Gasteiger partial charge < -0.3 is 10.3 Å². The number of H-pyrrole nitrogens is 1. The molecule has 1 aromatic carbocycles. The Hall–Kier alpha value is -1.69. The minimum Gasteiger partial charge on any atom is -0.347 e. The zero-order chi connectivity index (χ0) is 13.8. The molecule has 4 nitrogen and oxygen atoms in total. The smallest absolute Gasteiger partial charge is 0.251 e. The average molecular weight is 326 g/mol. The van der Waals surface area contributed by atoms with Crippen LogP contribution in [0, 0.1) is 5.82 Å². The number of benzene rings is 1. The number of aromatic amines is 1. The van der Waals surface area contributed by atoms with Gasteiger partial charge in [-0.25, -0.2) is 9.37 Å². The highest BCUT2D eigenvalue weighted by Crippen LogP contribution is 2.18. The van der Waals surface area contributed by atoms with E-state index in [1.165, 1.54) is 12.1 Å². The van der Waals surface area contributed by atoms with Gasteiger partial charge in [-0.15, -0.1) is 0 Å². The predicted octanol–water partition coefficient (Wildman–Crippen LogP) is 3.19. The van der Waals surface area contributed by atoms with E-state index in [1.54, 1.807) is 18.5 Å². The number of hydrogen-bond acceptors (Lipinski definition) is 2. The number of amides is 1. The molecule has 0 aliphatic heterocycles. The molecular formula is C13H13BrFN3O. The van der Waals surface area contributed by atoms with Gasteiger partial charge in [-0.05, 0) is 40.5 Å². The van der Waals surface area contributed by atoms with Crippen LogP contribution in [0.25, 0.3) is 0 Å². The molecule has 19 heavy (non-hydrogen) atoms. The van der Waals surface area contributed by atoms with Crippen LogP contribution < -0.4 is 5.32 Å². The van der Waals surface area contributed by atoms with Crippen molar-refractivity contribution in [2.75, 3.05) is 0 Å². The first-order chi connectivity index (χ1) is 9.11. The molecule has 0 radical (unpaired) electrons. The first-order valence-electron chi connectivity index (χ1n) is 5.87. The molecule has 2 rings (SSSR count). The summed E-state index contributed by atoms with van der Waals surface area (Å²) in [6.45, 7) is 1.94. The van der Waals surface area contributed by atoms with Crippen LogP contribution in [-0.4, -0.2) is 15.9 Å². The maximum absolute atomic E-state index is 13.4. The summed E-state index contributed by atoms with van der Waals surface area (Å²) >= 11 is 3.05. The summed E-state index contributed by atoms with van der Waals surface area (Å²) in [5, 5.41) is 2.82. The lowest BCUT2D eigenvalue weighted by atomic mass is 10.1. The number of nitrogens with zero attached hydrogens (tertiary/aromatic N) is 1. The van der Waals surface area contributed by atoms with Crippen LogP contribution in [0.1, 0.15) is 35.6 Å². The van der Waals surface area contributed by atoms with Crippen LogP contribution in [-0.2, 0) is 0 Å². The van der Waals surface area contributed by atoms with Crippen LogP contribution in [0.2, 0.25) is 0 Å². The lowest BCUT2D eigenvalue weighted by Crippen LogP contribution is -2.28. The predicted molar refractivity (Wildman–Crippen MR) is 73.2 cm³/mol.